The van der Waals surface area contributed by atoms with E-state index in [1.165, 1.54) is 0 Å². The van der Waals surface area contributed by atoms with Crippen LogP contribution >= 0.6 is 15.9 Å². The average Bonchev–Trinajstić information content (AvgIpc) is 2.53. The number of hydrogen-bond donors (Lipinski definition) is 1. The van der Waals surface area contributed by atoms with Gasteiger partial charge in [-0.2, -0.15) is 0 Å². The van der Waals surface area contributed by atoms with Crippen molar-refractivity contribution in [2.45, 2.75) is 5.92 Å². The molecule has 0 fully saturated rings. The van der Waals surface area contributed by atoms with Gasteiger partial charge in [-0.05, 0) is 27.1 Å². The largest absolute Gasteiger partial charge is 0.309 e. The maximum atomic E-state index is 11.9. The highest BCUT2D eigenvalue weighted by atomic mass is 79.9. The second-order valence-corrected chi connectivity index (χ2v) is 5.55. The van der Waals surface area contributed by atoms with E-state index in [1.54, 1.807) is 6.20 Å². The first-order valence-corrected chi connectivity index (χ1v) is 7.39. The molecule has 4 heteroatoms. The molecule has 0 saturated heterocycles. The number of rotatable bonds is 3. The molecule has 104 valence electrons. The quantitative estimate of drug-likeness (QED) is 0.789. The monoisotopic (exact) mass is 340 g/mol. The molecular formula is C17H13BrN2O. The standard InChI is InChI=1S/C17H13BrN2O/c18-14-11-19-16(20-17(14)21)15(12-7-3-1-4-8-12)13-9-5-2-6-10-13/h1-11,15H,(H,19,20,21). The Morgan fingerprint density at radius 3 is 1.90 bits per heavy atom. The lowest BCUT2D eigenvalue weighted by Gasteiger charge is -2.17. The SMILES string of the molecule is O=c1[nH]c(C(c2ccccc2)c2ccccc2)ncc1Br. The number of H-pyrrole nitrogens is 1. The molecule has 0 radical (unpaired) electrons. The molecule has 0 aliphatic rings. The number of halogens is 1. The van der Waals surface area contributed by atoms with Crippen molar-refractivity contribution in [1.29, 1.82) is 0 Å². The summed E-state index contributed by atoms with van der Waals surface area (Å²) in [6.07, 6.45) is 1.55. The van der Waals surface area contributed by atoms with E-state index < -0.39 is 0 Å². The first kappa shape index (κ1) is 13.8. The minimum Gasteiger partial charge on any atom is -0.309 e. The van der Waals surface area contributed by atoms with Crippen molar-refractivity contribution in [3.63, 3.8) is 0 Å². The van der Waals surface area contributed by atoms with E-state index >= 15 is 0 Å². The van der Waals surface area contributed by atoms with Gasteiger partial charge in [0.1, 0.15) is 10.3 Å². The van der Waals surface area contributed by atoms with E-state index in [-0.39, 0.29) is 11.5 Å². The third kappa shape index (κ3) is 2.95. The molecule has 0 aliphatic carbocycles. The molecule has 1 heterocycles. The van der Waals surface area contributed by atoms with Crippen molar-refractivity contribution in [3.05, 3.63) is 98.6 Å². The Kier molecular flexibility index (Phi) is 3.97. The highest BCUT2D eigenvalue weighted by Crippen LogP contribution is 2.28. The molecule has 0 amide bonds. The molecule has 1 aromatic heterocycles. The van der Waals surface area contributed by atoms with Crippen LogP contribution in [0.2, 0.25) is 0 Å². The third-order valence-corrected chi connectivity index (χ3v) is 3.88. The second-order valence-electron chi connectivity index (χ2n) is 4.70. The van der Waals surface area contributed by atoms with Crippen LogP contribution in [0.5, 0.6) is 0 Å². The molecule has 0 atom stereocenters. The van der Waals surface area contributed by atoms with E-state index in [1.807, 2.05) is 60.7 Å². The maximum Gasteiger partial charge on any atom is 0.265 e. The van der Waals surface area contributed by atoms with Crippen LogP contribution in [0, 0.1) is 0 Å². The predicted octanol–water partition coefficient (Wildman–Crippen LogP) is 3.71. The fraction of sp³-hybridized carbons (Fsp3) is 0.0588. The molecule has 3 nitrogen and oxygen atoms in total. The first-order chi connectivity index (χ1) is 10.3. The van der Waals surface area contributed by atoms with Gasteiger partial charge in [0.15, 0.2) is 0 Å². The Balaban J connectivity index is 2.17. The lowest BCUT2D eigenvalue weighted by Crippen LogP contribution is -2.16. The molecule has 0 bridgehead atoms. The molecule has 0 unspecified atom stereocenters. The molecule has 0 saturated carbocycles. The summed E-state index contributed by atoms with van der Waals surface area (Å²) in [5.74, 6) is 0.550. The Morgan fingerprint density at radius 2 is 1.43 bits per heavy atom. The topological polar surface area (TPSA) is 45.8 Å². The van der Waals surface area contributed by atoms with Crippen LogP contribution in [0.4, 0.5) is 0 Å². The van der Waals surface area contributed by atoms with Crippen molar-refractivity contribution in [2.24, 2.45) is 0 Å². The van der Waals surface area contributed by atoms with Gasteiger partial charge in [-0.3, -0.25) is 4.79 Å². The average molecular weight is 341 g/mol. The Hall–Kier alpha value is -2.20. The summed E-state index contributed by atoms with van der Waals surface area (Å²) in [6.45, 7) is 0. The minimum atomic E-state index is -0.170. The van der Waals surface area contributed by atoms with Crippen molar-refractivity contribution >= 4 is 15.9 Å². The number of aromatic amines is 1. The molecule has 1 N–H and O–H groups in total. The number of nitrogens with zero attached hydrogens (tertiary/aromatic N) is 1. The Morgan fingerprint density at radius 1 is 0.905 bits per heavy atom. The summed E-state index contributed by atoms with van der Waals surface area (Å²) in [4.78, 5) is 19.1. The zero-order valence-electron chi connectivity index (χ0n) is 11.2. The van der Waals surface area contributed by atoms with Gasteiger partial charge < -0.3 is 4.98 Å². The fourth-order valence-corrected chi connectivity index (χ4v) is 2.54. The van der Waals surface area contributed by atoms with Crippen LogP contribution in [0.15, 0.2) is 76.1 Å². The van der Waals surface area contributed by atoms with Gasteiger partial charge in [-0.1, -0.05) is 60.7 Å². The summed E-state index contributed by atoms with van der Waals surface area (Å²) >= 11 is 3.18. The molecule has 0 spiro atoms. The summed E-state index contributed by atoms with van der Waals surface area (Å²) < 4.78 is 0.436. The lowest BCUT2D eigenvalue weighted by molar-refractivity contribution is 0.838. The van der Waals surface area contributed by atoms with Gasteiger partial charge in [0.2, 0.25) is 0 Å². The zero-order chi connectivity index (χ0) is 14.7. The van der Waals surface area contributed by atoms with Crippen LogP contribution < -0.4 is 5.56 Å². The van der Waals surface area contributed by atoms with E-state index in [9.17, 15) is 4.79 Å². The van der Waals surface area contributed by atoms with Crippen molar-refractivity contribution in [2.75, 3.05) is 0 Å². The number of nitrogens with one attached hydrogen (secondary N) is 1. The van der Waals surface area contributed by atoms with E-state index in [0.717, 1.165) is 11.1 Å². The van der Waals surface area contributed by atoms with Gasteiger partial charge in [0, 0.05) is 6.20 Å². The molecule has 3 aromatic rings. The van der Waals surface area contributed by atoms with E-state index in [4.69, 9.17) is 0 Å². The van der Waals surface area contributed by atoms with Gasteiger partial charge in [-0.15, -0.1) is 0 Å². The van der Waals surface area contributed by atoms with Crippen molar-refractivity contribution < 1.29 is 0 Å². The van der Waals surface area contributed by atoms with Crippen LogP contribution in [0.3, 0.4) is 0 Å². The fourth-order valence-electron chi connectivity index (χ4n) is 2.34. The van der Waals surface area contributed by atoms with E-state index in [0.29, 0.717) is 10.3 Å². The van der Waals surface area contributed by atoms with Crippen molar-refractivity contribution in [1.82, 2.24) is 9.97 Å². The Bertz CT molecular complexity index is 745. The molecule has 3 rings (SSSR count). The number of benzene rings is 2. The Labute approximate surface area is 130 Å². The molecular weight excluding hydrogens is 328 g/mol. The summed E-state index contributed by atoms with van der Waals surface area (Å²) in [5, 5.41) is 0. The number of hydrogen-bond acceptors (Lipinski definition) is 2. The molecule has 2 aromatic carbocycles. The van der Waals surface area contributed by atoms with Gasteiger partial charge >= 0.3 is 0 Å². The normalized spacial score (nSPS) is 10.8. The first-order valence-electron chi connectivity index (χ1n) is 6.60. The minimum absolute atomic E-state index is 0.0896. The van der Waals surface area contributed by atoms with E-state index in [2.05, 4.69) is 25.9 Å². The summed E-state index contributed by atoms with van der Waals surface area (Å²) in [6, 6.07) is 20.1. The molecule has 0 aliphatic heterocycles. The van der Waals surface area contributed by atoms with Gasteiger partial charge in [-0.25, -0.2) is 4.98 Å². The van der Waals surface area contributed by atoms with Gasteiger partial charge in [0.05, 0.1) is 5.92 Å². The highest BCUT2D eigenvalue weighted by molar-refractivity contribution is 9.10. The lowest BCUT2D eigenvalue weighted by atomic mass is 9.90. The van der Waals surface area contributed by atoms with Gasteiger partial charge in [0.25, 0.3) is 5.56 Å². The van der Waals surface area contributed by atoms with Crippen LogP contribution in [-0.4, -0.2) is 9.97 Å². The maximum absolute atomic E-state index is 11.9. The second kappa shape index (κ2) is 6.06. The van der Waals surface area contributed by atoms with Crippen LogP contribution in [0.25, 0.3) is 0 Å². The zero-order valence-corrected chi connectivity index (χ0v) is 12.7. The van der Waals surface area contributed by atoms with Crippen molar-refractivity contribution in [3.8, 4) is 0 Å². The predicted molar refractivity (Wildman–Crippen MR) is 86.4 cm³/mol. The molecule has 21 heavy (non-hydrogen) atoms. The summed E-state index contributed by atoms with van der Waals surface area (Å²) in [7, 11) is 0. The number of aromatic nitrogens is 2. The smallest absolute Gasteiger partial charge is 0.265 e. The third-order valence-electron chi connectivity index (χ3n) is 3.31. The highest BCUT2D eigenvalue weighted by Gasteiger charge is 2.19. The van der Waals surface area contributed by atoms with Crippen LogP contribution in [0.1, 0.15) is 22.9 Å². The summed E-state index contributed by atoms with van der Waals surface area (Å²) in [5.41, 5.74) is 2.01. The van der Waals surface area contributed by atoms with Crippen LogP contribution in [-0.2, 0) is 0 Å².